The van der Waals surface area contributed by atoms with Crippen LogP contribution in [0.5, 0.6) is 0 Å². The van der Waals surface area contributed by atoms with Crippen molar-refractivity contribution in [1.29, 1.82) is 0 Å². The number of ether oxygens (including phenoxy) is 1. The molecule has 4 rings (SSSR count). The van der Waals surface area contributed by atoms with Gasteiger partial charge in [-0.25, -0.2) is 9.40 Å². The van der Waals surface area contributed by atoms with Crippen LogP contribution in [0.1, 0.15) is 50.1 Å². The van der Waals surface area contributed by atoms with Gasteiger partial charge >= 0.3 is 0 Å². The van der Waals surface area contributed by atoms with Gasteiger partial charge in [0, 0.05) is 39.0 Å². The molecular weight excluding hydrogens is 479 g/mol. The lowest BCUT2D eigenvalue weighted by Gasteiger charge is -2.32. The molecule has 3 heterocycles. The minimum atomic E-state index is -0.339. The third-order valence-electron chi connectivity index (χ3n) is 6.38. The molecule has 0 aliphatic carbocycles. The van der Waals surface area contributed by atoms with E-state index in [1.807, 2.05) is 38.3 Å². The number of carbonyl (C=O) groups is 2. The molecule has 1 aromatic carbocycles. The molecule has 36 heavy (non-hydrogen) atoms. The Kier molecular flexibility index (Phi) is 8.54. The maximum absolute atomic E-state index is 13.7. The summed E-state index contributed by atoms with van der Waals surface area (Å²) in [4.78, 5) is 31.9. The van der Waals surface area contributed by atoms with Gasteiger partial charge in [0.2, 0.25) is 5.91 Å². The SMILES string of the molecule is CC(C)(C)CC(=O)N(CCN1CCOCC1)CC(=O)N1N=C(c2cccs2)CC1c1ccc(F)cc1. The van der Waals surface area contributed by atoms with E-state index in [1.165, 1.54) is 17.1 Å². The van der Waals surface area contributed by atoms with E-state index in [4.69, 9.17) is 9.84 Å². The zero-order chi connectivity index (χ0) is 25.7. The summed E-state index contributed by atoms with van der Waals surface area (Å²) in [6, 6.07) is 9.82. The molecule has 1 aromatic heterocycles. The highest BCUT2D eigenvalue weighted by Gasteiger charge is 2.35. The van der Waals surface area contributed by atoms with E-state index in [9.17, 15) is 14.0 Å². The summed E-state index contributed by atoms with van der Waals surface area (Å²) in [5.74, 6) is -0.597. The van der Waals surface area contributed by atoms with Crippen LogP contribution in [-0.4, -0.2) is 78.3 Å². The highest BCUT2D eigenvalue weighted by atomic mass is 32.1. The Hall–Kier alpha value is -2.62. The minimum Gasteiger partial charge on any atom is -0.379 e. The van der Waals surface area contributed by atoms with Gasteiger partial charge in [-0.2, -0.15) is 5.10 Å². The second kappa shape index (κ2) is 11.6. The Morgan fingerprint density at radius 1 is 1.17 bits per heavy atom. The number of nitrogens with zero attached hydrogens (tertiary/aromatic N) is 4. The molecule has 0 N–H and O–H groups in total. The van der Waals surface area contributed by atoms with Crippen molar-refractivity contribution in [2.24, 2.45) is 10.5 Å². The van der Waals surface area contributed by atoms with Crippen molar-refractivity contribution in [2.75, 3.05) is 45.9 Å². The molecule has 1 unspecified atom stereocenters. The lowest BCUT2D eigenvalue weighted by atomic mass is 9.91. The summed E-state index contributed by atoms with van der Waals surface area (Å²) in [6.45, 7) is 10.2. The first kappa shape index (κ1) is 26.4. The number of morpholine rings is 1. The normalized spacial score (nSPS) is 18.8. The first-order valence-corrected chi connectivity index (χ1v) is 13.3. The predicted octanol–water partition coefficient (Wildman–Crippen LogP) is 4.16. The van der Waals surface area contributed by atoms with Crippen LogP contribution in [0, 0.1) is 11.2 Å². The lowest BCUT2D eigenvalue weighted by Crippen LogP contribution is -2.47. The van der Waals surface area contributed by atoms with E-state index in [2.05, 4.69) is 4.90 Å². The second-order valence-electron chi connectivity index (χ2n) is 10.5. The Morgan fingerprint density at radius 3 is 2.53 bits per heavy atom. The number of hydrazone groups is 1. The van der Waals surface area contributed by atoms with Crippen LogP contribution in [-0.2, 0) is 14.3 Å². The molecule has 0 spiro atoms. The molecule has 1 fully saturated rings. The number of halogens is 1. The fourth-order valence-corrected chi connectivity index (χ4v) is 5.18. The number of hydrogen-bond acceptors (Lipinski definition) is 6. The minimum absolute atomic E-state index is 0.0379. The van der Waals surface area contributed by atoms with Crippen LogP contribution in [0.15, 0.2) is 46.9 Å². The monoisotopic (exact) mass is 514 g/mol. The molecule has 2 aliphatic rings. The molecule has 2 aliphatic heterocycles. The van der Waals surface area contributed by atoms with Crippen LogP contribution < -0.4 is 0 Å². The summed E-state index contributed by atoms with van der Waals surface area (Å²) < 4.78 is 19.0. The summed E-state index contributed by atoms with van der Waals surface area (Å²) in [7, 11) is 0. The molecule has 9 heteroatoms. The van der Waals surface area contributed by atoms with Crippen molar-refractivity contribution in [2.45, 2.75) is 39.7 Å². The maximum Gasteiger partial charge on any atom is 0.262 e. The lowest BCUT2D eigenvalue weighted by molar-refractivity contribution is -0.142. The van der Waals surface area contributed by atoms with Crippen LogP contribution >= 0.6 is 11.3 Å². The zero-order valence-electron chi connectivity index (χ0n) is 21.3. The zero-order valence-corrected chi connectivity index (χ0v) is 22.1. The maximum atomic E-state index is 13.7. The van der Waals surface area contributed by atoms with E-state index in [1.54, 1.807) is 28.4 Å². The Balaban J connectivity index is 1.53. The van der Waals surface area contributed by atoms with Crippen LogP contribution in [0.25, 0.3) is 0 Å². The average Bonchev–Trinajstić information content (AvgIpc) is 3.52. The molecule has 0 radical (unpaired) electrons. The highest BCUT2D eigenvalue weighted by Crippen LogP contribution is 2.34. The van der Waals surface area contributed by atoms with Gasteiger partial charge < -0.3 is 9.64 Å². The molecule has 194 valence electrons. The topological polar surface area (TPSA) is 65.5 Å². The molecular formula is C27H35FN4O3S. The third-order valence-corrected chi connectivity index (χ3v) is 7.30. The summed E-state index contributed by atoms with van der Waals surface area (Å²) in [5.41, 5.74) is 1.46. The highest BCUT2D eigenvalue weighted by molar-refractivity contribution is 7.12. The summed E-state index contributed by atoms with van der Waals surface area (Å²) >= 11 is 1.57. The number of thiophene rings is 1. The Morgan fingerprint density at radius 2 is 1.89 bits per heavy atom. The van der Waals surface area contributed by atoms with Crippen molar-refractivity contribution < 1.29 is 18.7 Å². The van der Waals surface area contributed by atoms with Gasteiger partial charge in [-0.15, -0.1) is 11.3 Å². The van der Waals surface area contributed by atoms with E-state index < -0.39 is 0 Å². The van der Waals surface area contributed by atoms with Crippen LogP contribution in [0.3, 0.4) is 0 Å². The van der Waals surface area contributed by atoms with E-state index in [-0.39, 0.29) is 35.6 Å². The Bertz CT molecular complexity index is 1060. The van der Waals surface area contributed by atoms with Gasteiger partial charge in [0.25, 0.3) is 5.91 Å². The summed E-state index contributed by atoms with van der Waals surface area (Å²) in [5, 5.41) is 8.17. The fourth-order valence-electron chi connectivity index (χ4n) is 4.46. The van der Waals surface area contributed by atoms with Gasteiger partial charge in [-0.05, 0) is 34.6 Å². The van der Waals surface area contributed by atoms with E-state index in [0.717, 1.165) is 29.2 Å². The van der Waals surface area contributed by atoms with E-state index >= 15 is 0 Å². The Labute approximate surface area is 216 Å². The number of amides is 2. The van der Waals surface area contributed by atoms with E-state index in [0.29, 0.717) is 39.1 Å². The van der Waals surface area contributed by atoms with Crippen molar-refractivity contribution in [3.8, 4) is 0 Å². The van der Waals surface area contributed by atoms with Crippen LogP contribution in [0.2, 0.25) is 0 Å². The van der Waals surface area contributed by atoms with Gasteiger partial charge in [0.05, 0.1) is 29.8 Å². The molecule has 2 aromatic rings. The van der Waals surface area contributed by atoms with Crippen LogP contribution in [0.4, 0.5) is 4.39 Å². The molecule has 1 saturated heterocycles. The quantitative estimate of drug-likeness (QED) is 0.531. The number of carbonyl (C=O) groups excluding carboxylic acids is 2. The molecule has 7 nitrogen and oxygen atoms in total. The van der Waals surface area contributed by atoms with Crippen molar-refractivity contribution in [3.05, 3.63) is 58.0 Å². The molecule has 1 atom stereocenters. The number of rotatable bonds is 8. The largest absolute Gasteiger partial charge is 0.379 e. The van der Waals surface area contributed by atoms with Crippen molar-refractivity contribution >= 4 is 28.9 Å². The van der Waals surface area contributed by atoms with Gasteiger partial charge in [0.1, 0.15) is 12.4 Å². The van der Waals surface area contributed by atoms with Crippen molar-refractivity contribution in [1.82, 2.24) is 14.8 Å². The molecule has 0 saturated carbocycles. The molecule has 0 bridgehead atoms. The van der Waals surface area contributed by atoms with Crippen molar-refractivity contribution in [3.63, 3.8) is 0 Å². The number of benzene rings is 1. The fraction of sp³-hybridized carbons (Fsp3) is 0.519. The standard InChI is InChI=1S/C27H35FN4O3S/c1-27(2,3)18-25(33)31(11-10-30-12-14-35-15-13-30)19-26(34)32-23(20-6-8-21(28)9-7-20)17-22(29-32)24-5-4-16-36-24/h4-9,16,23H,10-15,17-19H2,1-3H3. The summed E-state index contributed by atoms with van der Waals surface area (Å²) in [6.07, 6.45) is 0.899. The van der Waals surface area contributed by atoms with Gasteiger partial charge in [-0.3, -0.25) is 14.5 Å². The first-order valence-electron chi connectivity index (χ1n) is 12.5. The van der Waals surface area contributed by atoms with Gasteiger partial charge in [0.15, 0.2) is 0 Å². The third kappa shape index (κ3) is 6.99. The average molecular weight is 515 g/mol. The number of hydrogen-bond donors (Lipinski definition) is 0. The first-order chi connectivity index (χ1) is 17.2. The molecule has 2 amide bonds. The smallest absolute Gasteiger partial charge is 0.262 e. The van der Waals surface area contributed by atoms with Gasteiger partial charge in [-0.1, -0.05) is 39.0 Å². The predicted molar refractivity (Wildman–Crippen MR) is 139 cm³/mol. The second-order valence-corrected chi connectivity index (χ2v) is 11.5.